The summed E-state index contributed by atoms with van der Waals surface area (Å²) < 4.78 is 8.03. The Bertz CT molecular complexity index is 783. The lowest BCUT2D eigenvalue weighted by atomic mass is 10.2. The number of rotatable bonds is 7. The van der Waals surface area contributed by atoms with Crippen LogP contribution in [-0.4, -0.2) is 38.9 Å². The molecule has 2 aliphatic rings. The van der Waals surface area contributed by atoms with Gasteiger partial charge in [0.15, 0.2) is 11.0 Å². The van der Waals surface area contributed by atoms with Crippen molar-refractivity contribution in [3.8, 4) is 0 Å². The minimum absolute atomic E-state index is 0.111. The van der Waals surface area contributed by atoms with Gasteiger partial charge in [-0.1, -0.05) is 23.9 Å². The van der Waals surface area contributed by atoms with Crippen LogP contribution in [0.5, 0.6) is 0 Å². The lowest BCUT2D eigenvalue weighted by Gasteiger charge is -2.17. The van der Waals surface area contributed by atoms with Crippen molar-refractivity contribution in [2.45, 2.75) is 55.3 Å². The molecule has 8 nitrogen and oxygen atoms in total. The van der Waals surface area contributed by atoms with E-state index in [9.17, 15) is 10.1 Å². The highest BCUT2D eigenvalue weighted by molar-refractivity contribution is 7.98. The summed E-state index contributed by atoms with van der Waals surface area (Å²) in [5, 5.41) is 24.1. The third-order valence-electron chi connectivity index (χ3n) is 5.04. The maximum atomic E-state index is 10.8. The second-order valence-electron chi connectivity index (χ2n) is 6.95. The predicted molar refractivity (Wildman–Crippen MR) is 102 cm³/mol. The minimum Gasteiger partial charge on any atom is -0.376 e. The summed E-state index contributed by atoms with van der Waals surface area (Å²) in [5.41, 5.74) is 1.14. The van der Waals surface area contributed by atoms with Crippen LogP contribution in [0.2, 0.25) is 0 Å². The number of nitro benzene ring substituents is 1. The van der Waals surface area contributed by atoms with E-state index in [0.717, 1.165) is 61.9 Å². The van der Waals surface area contributed by atoms with Crippen molar-refractivity contribution in [1.29, 1.82) is 0 Å². The summed E-state index contributed by atoms with van der Waals surface area (Å²) in [5.74, 6) is 1.69. The van der Waals surface area contributed by atoms with E-state index >= 15 is 0 Å². The predicted octanol–water partition coefficient (Wildman–Crippen LogP) is 3.08. The van der Waals surface area contributed by atoms with E-state index in [1.807, 2.05) is 0 Å². The van der Waals surface area contributed by atoms with Gasteiger partial charge >= 0.3 is 0 Å². The van der Waals surface area contributed by atoms with Crippen LogP contribution in [0.3, 0.4) is 0 Å². The Morgan fingerprint density at radius 2 is 2.11 bits per heavy atom. The fraction of sp³-hybridized carbons (Fsp3) is 0.556. The molecule has 2 atom stereocenters. The second kappa shape index (κ2) is 8.37. The van der Waals surface area contributed by atoms with Crippen LogP contribution in [0.4, 0.5) is 5.69 Å². The Kier molecular flexibility index (Phi) is 5.70. The van der Waals surface area contributed by atoms with Crippen LogP contribution in [0.15, 0.2) is 29.4 Å². The average Bonchev–Trinajstić information content (AvgIpc) is 3.43. The van der Waals surface area contributed by atoms with Gasteiger partial charge in [0, 0.05) is 24.5 Å². The molecule has 0 amide bonds. The first-order valence-corrected chi connectivity index (χ1v) is 10.3. The highest BCUT2D eigenvalue weighted by Gasteiger charge is 2.27. The molecule has 2 aliphatic heterocycles. The van der Waals surface area contributed by atoms with E-state index in [-0.39, 0.29) is 22.8 Å². The molecular weight excluding hydrogens is 366 g/mol. The summed E-state index contributed by atoms with van der Waals surface area (Å²) in [6.45, 7) is 2.63. The minimum atomic E-state index is -0.379. The van der Waals surface area contributed by atoms with Crippen LogP contribution in [-0.2, 0) is 17.0 Å². The standard InChI is InChI=1S/C18H23N5O3S/c24-23(25)14-7-5-13(6-8-14)12-27-18-21-20-17(16-4-1-9-19-16)22(18)11-15-3-2-10-26-15/h5-8,15-16,19H,1-4,9-12H2. The van der Waals surface area contributed by atoms with Crippen LogP contribution in [0.25, 0.3) is 0 Å². The third-order valence-corrected chi connectivity index (χ3v) is 6.08. The van der Waals surface area contributed by atoms with Crippen molar-refractivity contribution in [1.82, 2.24) is 20.1 Å². The lowest BCUT2D eigenvalue weighted by molar-refractivity contribution is -0.384. The molecule has 2 aromatic rings. The molecule has 9 heteroatoms. The van der Waals surface area contributed by atoms with Gasteiger partial charge in [-0.15, -0.1) is 10.2 Å². The fourth-order valence-corrected chi connectivity index (χ4v) is 4.51. The number of hydrogen-bond donors (Lipinski definition) is 1. The zero-order valence-corrected chi connectivity index (χ0v) is 15.9. The Labute approximate surface area is 161 Å². The van der Waals surface area contributed by atoms with E-state index in [4.69, 9.17) is 4.74 Å². The van der Waals surface area contributed by atoms with E-state index in [2.05, 4.69) is 20.1 Å². The van der Waals surface area contributed by atoms with Gasteiger partial charge in [-0.3, -0.25) is 10.1 Å². The fourth-order valence-electron chi connectivity index (χ4n) is 3.59. The molecule has 2 fully saturated rings. The summed E-state index contributed by atoms with van der Waals surface area (Å²) in [7, 11) is 0. The van der Waals surface area contributed by atoms with Crippen molar-refractivity contribution in [2.75, 3.05) is 13.2 Å². The molecule has 4 rings (SSSR count). The summed E-state index contributed by atoms with van der Waals surface area (Å²) in [6.07, 6.45) is 4.64. The summed E-state index contributed by atoms with van der Waals surface area (Å²) in [4.78, 5) is 10.4. The summed E-state index contributed by atoms with van der Waals surface area (Å²) >= 11 is 1.61. The van der Waals surface area contributed by atoms with E-state index in [0.29, 0.717) is 5.75 Å². The number of hydrogen-bond acceptors (Lipinski definition) is 7. The van der Waals surface area contributed by atoms with Gasteiger partial charge in [0.25, 0.3) is 5.69 Å². The van der Waals surface area contributed by atoms with Gasteiger partial charge in [0.05, 0.1) is 23.6 Å². The highest BCUT2D eigenvalue weighted by Crippen LogP contribution is 2.29. The molecule has 0 saturated carbocycles. The number of ether oxygens (including phenoxy) is 1. The number of non-ortho nitro benzene ring substituents is 1. The molecule has 3 heterocycles. The molecule has 0 aliphatic carbocycles. The van der Waals surface area contributed by atoms with E-state index in [1.165, 1.54) is 0 Å². The van der Waals surface area contributed by atoms with Crippen molar-refractivity contribution < 1.29 is 9.66 Å². The molecule has 27 heavy (non-hydrogen) atoms. The topological polar surface area (TPSA) is 95.1 Å². The van der Waals surface area contributed by atoms with Crippen LogP contribution >= 0.6 is 11.8 Å². The average molecular weight is 389 g/mol. The van der Waals surface area contributed by atoms with E-state index < -0.39 is 0 Å². The molecule has 1 N–H and O–H groups in total. The maximum absolute atomic E-state index is 10.8. The van der Waals surface area contributed by atoms with Gasteiger partial charge < -0.3 is 14.6 Å². The van der Waals surface area contributed by atoms with Crippen LogP contribution in [0, 0.1) is 10.1 Å². The largest absolute Gasteiger partial charge is 0.376 e. The Balaban J connectivity index is 1.49. The first kappa shape index (κ1) is 18.4. The maximum Gasteiger partial charge on any atom is 0.269 e. The quantitative estimate of drug-likeness (QED) is 0.442. The van der Waals surface area contributed by atoms with Crippen molar-refractivity contribution in [3.05, 3.63) is 45.8 Å². The molecule has 1 aromatic carbocycles. The smallest absolute Gasteiger partial charge is 0.269 e. The SMILES string of the molecule is O=[N+]([O-])c1ccc(CSc2nnc(C3CCCN3)n2CC2CCCO2)cc1. The highest BCUT2D eigenvalue weighted by atomic mass is 32.2. The number of benzene rings is 1. The van der Waals surface area contributed by atoms with E-state index in [1.54, 1.807) is 36.0 Å². The third kappa shape index (κ3) is 4.31. The van der Waals surface area contributed by atoms with Gasteiger partial charge in [-0.05, 0) is 37.8 Å². The molecule has 2 saturated heterocycles. The van der Waals surface area contributed by atoms with Gasteiger partial charge in [0.1, 0.15) is 0 Å². The first-order chi connectivity index (χ1) is 13.2. The molecular formula is C18H23N5O3S. The number of aromatic nitrogens is 3. The van der Waals surface area contributed by atoms with Gasteiger partial charge in [-0.25, -0.2) is 0 Å². The van der Waals surface area contributed by atoms with Gasteiger partial charge in [-0.2, -0.15) is 0 Å². The van der Waals surface area contributed by atoms with Crippen molar-refractivity contribution >= 4 is 17.4 Å². The number of nitrogens with one attached hydrogen (secondary N) is 1. The number of thioether (sulfide) groups is 1. The number of nitro groups is 1. The zero-order valence-electron chi connectivity index (χ0n) is 15.0. The zero-order chi connectivity index (χ0) is 18.6. The lowest BCUT2D eigenvalue weighted by Crippen LogP contribution is -2.23. The normalized spacial score (nSPS) is 22.4. The number of nitrogens with zero attached hydrogens (tertiary/aromatic N) is 4. The molecule has 0 bridgehead atoms. The van der Waals surface area contributed by atoms with Crippen molar-refractivity contribution in [2.24, 2.45) is 0 Å². The van der Waals surface area contributed by atoms with Crippen LogP contribution < -0.4 is 5.32 Å². The molecule has 144 valence electrons. The summed E-state index contributed by atoms with van der Waals surface area (Å²) in [6, 6.07) is 6.94. The molecule has 1 aromatic heterocycles. The van der Waals surface area contributed by atoms with Crippen LogP contribution in [0.1, 0.15) is 43.1 Å². The first-order valence-electron chi connectivity index (χ1n) is 9.35. The Hall–Kier alpha value is -1.97. The molecule has 2 unspecified atom stereocenters. The Morgan fingerprint density at radius 3 is 2.78 bits per heavy atom. The second-order valence-corrected chi connectivity index (χ2v) is 7.89. The monoisotopic (exact) mass is 389 g/mol. The van der Waals surface area contributed by atoms with Gasteiger partial charge in [0.2, 0.25) is 0 Å². The molecule has 0 radical (unpaired) electrons. The molecule has 0 spiro atoms. The Morgan fingerprint density at radius 1 is 1.26 bits per heavy atom. The van der Waals surface area contributed by atoms with Crippen molar-refractivity contribution in [3.63, 3.8) is 0 Å².